The Morgan fingerprint density at radius 1 is 0.957 bits per heavy atom. The maximum absolute atomic E-state index is 12.6. The molecule has 4 rings (SSSR count). The monoisotopic (exact) mass is 372 g/mol. The molecule has 2 aliphatic carbocycles. The van der Waals surface area contributed by atoms with Crippen LogP contribution in [-0.4, -0.2) is 16.6 Å². The molecular weight excluding hydrogens is 356 g/mol. The van der Waals surface area contributed by atoms with E-state index in [2.05, 4.69) is 26.2 Å². The molecule has 1 N–H and O–H groups in total. The van der Waals surface area contributed by atoms with E-state index in [0.29, 0.717) is 12.8 Å². The van der Waals surface area contributed by atoms with Crippen LogP contribution >= 0.6 is 15.9 Å². The van der Waals surface area contributed by atoms with Crippen LogP contribution in [-0.2, 0) is 9.59 Å². The van der Waals surface area contributed by atoms with Crippen molar-refractivity contribution < 1.29 is 9.59 Å². The van der Waals surface area contributed by atoms with E-state index in [9.17, 15) is 9.59 Å². The molecule has 4 nitrogen and oxygen atoms in total. The average molecular weight is 373 g/mol. The predicted octanol–water partition coefficient (Wildman–Crippen LogP) is 3.55. The standard InChI is InChI=1S/C18H17BrN2O2/c19-15-9-3-6-12(21-15)18-16-10(4-1-7-13(16)22)20-11-5-2-8-14(23)17(11)18/h3,6,9,18,20H,1-2,4-5,7-8H2. The number of carbonyl (C=O) groups is 2. The molecule has 0 unspecified atom stereocenters. The lowest BCUT2D eigenvalue weighted by molar-refractivity contribution is -0.117. The summed E-state index contributed by atoms with van der Waals surface area (Å²) in [4.78, 5) is 29.8. The van der Waals surface area contributed by atoms with Crippen LogP contribution in [0.3, 0.4) is 0 Å². The molecule has 118 valence electrons. The SMILES string of the molecule is O=C1CCCC2=C1C(c1cccc(Br)n1)C1=C(CCCC1=O)N2. The molecule has 0 fully saturated rings. The molecule has 0 spiro atoms. The lowest BCUT2D eigenvalue weighted by Gasteiger charge is -2.36. The quantitative estimate of drug-likeness (QED) is 0.765. The molecule has 0 aromatic carbocycles. The number of pyridine rings is 1. The normalized spacial score (nSPS) is 22.0. The third kappa shape index (κ3) is 2.47. The largest absolute Gasteiger partial charge is 0.362 e. The van der Waals surface area contributed by atoms with Gasteiger partial charge >= 0.3 is 0 Å². The summed E-state index contributed by atoms with van der Waals surface area (Å²) < 4.78 is 0.726. The first-order chi connectivity index (χ1) is 11.1. The van der Waals surface area contributed by atoms with Crippen LogP contribution in [0, 0.1) is 0 Å². The molecule has 23 heavy (non-hydrogen) atoms. The number of ketones is 2. The van der Waals surface area contributed by atoms with Gasteiger partial charge in [-0.25, -0.2) is 4.98 Å². The molecule has 0 bridgehead atoms. The summed E-state index contributed by atoms with van der Waals surface area (Å²) >= 11 is 3.41. The maximum atomic E-state index is 12.6. The zero-order valence-corrected chi connectivity index (χ0v) is 14.3. The van der Waals surface area contributed by atoms with Crippen molar-refractivity contribution in [3.05, 3.63) is 51.0 Å². The minimum Gasteiger partial charge on any atom is -0.362 e. The third-order valence-electron chi connectivity index (χ3n) is 4.82. The molecule has 1 aromatic rings. The molecule has 0 amide bonds. The van der Waals surface area contributed by atoms with Crippen LogP contribution in [0.2, 0.25) is 0 Å². The number of carbonyl (C=O) groups excluding carboxylic acids is 2. The lowest BCUT2D eigenvalue weighted by atomic mass is 9.73. The molecule has 5 heteroatoms. The van der Waals surface area contributed by atoms with Gasteiger partial charge in [0.15, 0.2) is 11.6 Å². The molecule has 1 aromatic heterocycles. The second-order valence-electron chi connectivity index (χ2n) is 6.28. The van der Waals surface area contributed by atoms with Crippen LogP contribution in [0.4, 0.5) is 0 Å². The van der Waals surface area contributed by atoms with Gasteiger partial charge < -0.3 is 5.32 Å². The number of rotatable bonds is 1. The van der Waals surface area contributed by atoms with Crippen LogP contribution in [0.25, 0.3) is 0 Å². The van der Waals surface area contributed by atoms with Gasteiger partial charge in [-0.2, -0.15) is 0 Å². The minimum absolute atomic E-state index is 0.149. The van der Waals surface area contributed by atoms with E-state index in [1.807, 2.05) is 18.2 Å². The highest BCUT2D eigenvalue weighted by Crippen LogP contribution is 2.44. The minimum atomic E-state index is -0.306. The average Bonchev–Trinajstić information content (AvgIpc) is 2.53. The Kier molecular flexibility index (Phi) is 3.68. The Balaban J connectivity index is 1.92. The second kappa shape index (κ2) is 5.71. The summed E-state index contributed by atoms with van der Waals surface area (Å²) in [7, 11) is 0. The third-order valence-corrected chi connectivity index (χ3v) is 5.27. The molecule has 0 atom stereocenters. The number of dihydropyridines is 1. The Labute approximate surface area is 143 Å². The van der Waals surface area contributed by atoms with Crippen molar-refractivity contribution in [2.45, 2.75) is 44.4 Å². The van der Waals surface area contributed by atoms with Crippen LogP contribution in [0.5, 0.6) is 0 Å². The zero-order valence-electron chi connectivity index (χ0n) is 12.7. The fourth-order valence-electron chi connectivity index (χ4n) is 3.86. The summed E-state index contributed by atoms with van der Waals surface area (Å²) in [6.07, 6.45) is 4.61. The van der Waals surface area contributed by atoms with Crippen LogP contribution < -0.4 is 5.32 Å². The number of allylic oxidation sites excluding steroid dienone is 4. The van der Waals surface area contributed by atoms with Crippen molar-refractivity contribution in [1.82, 2.24) is 10.3 Å². The van der Waals surface area contributed by atoms with E-state index in [1.54, 1.807) is 0 Å². The van der Waals surface area contributed by atoms with E-state index < -0.39 is 0 Å². The summed E-state index contributed by atoms with van der Waals surface area (Å²) in [6.45, 7) is 0. The van der Waals surface area contributed by atoms with Gasteiger partial charge in [0.1, 0.15) is 4.60 Å². The first-order valence-electron chi connectivity index (χ1n) is 8.07. The number of Topliss-reactive ketones (excluding diaryl/α,β-unsaturated/α-hetero) is 2. The first-order valence-corrected chi connectivity index (χ1v) is 8.86. The van der Waals surface area contributed by atoms with Crippen molar-refractivity contribution in [3.8, 4) is 0 Å². The molecule has 0 radical (unpaired) electrons. The van der Waals surface area contributed by atoms with Crippen molar-refractivity contribution in [2.75, 3.05) is 0 Å². The van der Waals surface area contributed by atoms with Crippen molar-refractivity contribution in [2.24, 2.45) is 0 Å². The molecule has 2 heterocycles. The Morgan fingerprint density at radius 3 is 2.13 bits per heavy atom. The highest BCUT2D eigenvalue weighted by Gasteiger charge is 2.40. The van der Waals surface area contributed by atoms with E-state index in [-0.39, 0.29) is 17.5 Å². The highest BCUT2D eigenvalue weighted by molar-refractivity contribution is 9.10. The van der Waals surface area contributed by atoms with Gasteiger partial charge in [-0.05, 0) is 53.7 Å². The number of aromatic nitrogens is 1. The highest BCUT2D eigenvalue weighted by atomic mass is 79.9. The Morgan fingerprint density at radius 2 is 1.57 bits per heavy atom. The summed E-state index contributed by atoms with van der Waals surface area (Å²) in [5.41, 5.74) is 4.31. The van der Waals surface area contributed by atoms with E-state index in [0.717, 1.165) is 58.5 Å². The van der Waals surface area contributed by atoms with Crippen molar-refractivity contribution in [3.63, 3.8) is 0 Å². The van der Waals surface area contributed by atoms with Crippen molar-refractivity contribution in [1.29, 1.82) is 0 Å². The smallest absolute Gasteiger partial charge is 0.161 e. The molecule has 0 saturated heterocycles. The van der Waals surface area contributed by atoms with Gasteiger partial charge in [0.05, 0.1) is 11.6 Å². The number of hydrogen-bond acceptors (Lipinski definition) is 4. The van der Waals surface area contributed by atoms with Crippen LogP contribution in [0.1, 0.15) is 50.1 Å². The van der Waals surface area contributed by atoms with Crippen LogP contribution in [0.15, 0.2) is 45.3 Å². The molecule has 0 saturated carbocycles. The topological polar surface area (TPSA) is 59.1 Å². The summed E-state index contributed by atoms with van der Waals surface area (Å²) in [5.74, 6) is -0.00903. The molecule has 1 aliphatic heterocycles. The van der Waals surface area contributed by atoms with Gasteiger partial charge in [-0.15, -0.1) is 0 Å². The van der Waals surface area contributed by atoms with Gasteiger partial charge in [0.25, 0.3) is 0 Å². The van der Waals surface area contributed by atoms with E-state index >= 15 is 0 Å². The zero-order chi connectivity index (χ0) is 16.0. The number of halogens is 1. The molecular formula is C18H17BrN2O2. The fourth-order valence-corrected chi connectivity index (χ4v) is 4.22. The van der Waals surface area contributed by atoms with E-state index in [4.69, 9.17) is 0 Å². The molecule has 3 aliphatic rings. The fraction of sp³-hybridized carbons (Fsp3) is 0.389. The second-order valence-corrected chi connectivity index (χ2v) is 7.09. The van der Waals surface area contributed by atoms with E-state index in [1.165, 1.54) is 0 Å². The Hall–Kier alpha value is -1.75. The summed E-state index contributed by atoms with van der Waals surface area (Å²) in [5, 5.41) is 3.41. The number of hydrogen-bond donors (Lipinski definition) is 1. The number of nitrogens with one attached hydrogen (secondary N) is 1. The van der Waals surface area contributed by atoms with Gasteiger partial charge in [0.2, 0.25) is 0 Å². The predicted molar refractivity (Wildman–Crippen MR) is 89.6 cm³/mol. The Bertz CT molecular complexity index is 737. The van der Waals surface area contributed by atoms with Crippen molar-refractivity contribution >= 4 is 27.5 Å². The van der Waals surface area contributed by atoms with Gasteiger partial charge in [-0.3, -0.25) is 9.59 Å². The first kappa shape index (κ1) is 14.8. The van der Waals surface area contributed by atoms with Gasteiger partial charge in [0, 0.05) is 35.4 Å². The number of nitrogens with zero attached hydrogens (tertiary/aromatic N) is 1. The van der Waals surface area contributed by atoms with Gasteiger partial charge in [-0.1, -0.05) is 6.07 Å². The lowest BCUT2D eigenvalue weighted by Crippen LogP contribution is -2.36. The summed E-state index contributed by atoms with van der Waals surface area (Å²) in [6, 6.07) is 5.69. The maximum Gasteiger partial charge on any atom is 0.161 e.